The van der Waals surface area contributed by atoms with Crippen molar-refractivity contribution in [1.82, 2.24) is 14.5 Å². The molecule has 1 aromatic heterocycles. The average Bonchev–Trinajstić information content (AvgIpc) is 3.22. The highest BCUT2D eigenvalue weighted by atomic mass is 32.2. The number of β-lactam (4-membered cyclic amide) rings is 1. The van der Waals surface area contributed by atoms with Crippen LogP contribution >= 0.6 is 35.1 Å². The zero-order chi connectivity index (χ0) is 21.3. The van der Waals surface area contributed by atoms with Gasteiger partial charge in [0.2, 0.25) is 0 Å². The van der Waals surface area contributed by atoms with E-state index in [-0.39, 0.29) is 11.3 Å². The predicted molar refractivity (Wildman–Crippen MR) is 120 cm³/mol. The second-order valence-electron chi connectivity index (χ2n) is 7.65. The number of ether oxygens (including phenoxy) is 1. The largest absolute Gasteiger partial charge is 0.455 e. The van der Waals surface area contributed by atoms with Crippen molar-refractivity contribution in [2.24, 2.45) is 4.99 Å². The standard InChI is InChI=1S/C20H20N4O3S3/c1-20(2,3)27-19(26)16-12(10-28-14-9-21-23-30-14)11-29-18-15(17(25)24(16)18)22-13-7-5-4-6-8-13/h4-9,18H,10-11H2,1-3H3/b22-15+/t18-/m1/s1. The molecular weight excluding hydrogens is 440 g/mol. The molecule has 0 aliphatic carbocycles. The quantitative estimate of drug-likeness (QED) is 0.380. The van der Waals surface area contributed by atoms with Crippen LogP contribution in [0.25, 0.3) is 0 Å². The summed E-state index contributed by atoms with van der Waals surface area (Å²) < 4.78 is 10.5. The molecule has 7 nitrogen and oxygen atoms in total. The number of nitrogens with zero attached hydrogens (tertiary/aromatic N) is 4. The number of rotatable bonds is 5. The van der Waals surface area contributed by atoms with Crippen molar-refractivity contribution in [3.8, 4) is 0 Å². The number of fused-ring (bicyclic) bond motifs is 1. The lowest BCUT2D eigenvalue weighted by molar-refractivity contribution is -0.154. The van der Waals surface area contributed by atoms with E-state index in [2.05, 4.69) is 14.6 Å². The average molecular weight is 461 g/mol. The highest BCUT2D eigenvalue weighted by Crippen LogP contribution is 2.41. The van der Waals surface area contributed by atoms with Gasteiger partial charge in [0.15, 0.2) is 0 Å². The first-order chi connectivity index (χ1) is 14.3. The maximum absolute atomic E-state index is 13.0. The Bertz CT molecular complexity index is 1010. The lowest BCUT2D eigenvalue weighted by Crippen LogP contribution is -2.62. The number of carbonyl (C=O) groups excluding carboxylic acids is 2. The Morgan fingerprint density at radius 3 is 2.77 bits per heavy atom. The molecule has 1 atom stereocenters. The van der Waals surface area contributed by atoms with Crippen LogP contribution in [-0.4, -0.2) is 54.6 Å². The van der Waals surface area contributed by atoms with Gasteiger partial charge in [-0.3, -0.25) is 9.69 Å². The van der Waals surface area contributed by atoms with Crippen molar-refractivity contribution < 1.29 is 14.3 Å². The van der Waals surface area contributed by atoms with Crippen molar-refractivity contribution in [3.63, 3.8) is 0 Å². The maximum Gasteiger partial charge on any atom is 0.355 e. The number of amides is 1. The number of aromatic nitrogens is 2. The molecule has 2 aliphatic rings. The van der Waals surface area contributed by atoms with E-state index in [1.54, 1.807) is 29.7 Å². The Morgan fingerprint density at radius 2 is 2.10 bits per heavy atom. The van der Waals surface area contributed by atoms with E-state index in [0.29, 0.717) is 22.9 Å². The van der Waals surface area contributed by atoms with Crippen LogP contribution < -0.4 is 0 Å². The van der Waals surface area contributed by atoms with E-state index < -0.39 is 11.6 Å². The summed E-state index contributed by atoms with van der Waals surface area (Å²) >= 11 is 4.45. The number of hydrogen-bond acceptors (Lipinski definition) is 9. The van der Waals surface area contributed by atoms with Gasteiger partial charge in [-0.15, -0.1) is 28.6 Å². The predicted octanol–water partition coefficient (Wildman–Crippen LogP) is 3.91. The fourth-order valence-corrected chi connectivity index (χ4v) is 5.81. The lowest BCUT2D eigenvalue weighted by atomic mass is 10.1. The van der Waals surface area contributed by atoms with Gasteiger partial charge in [-0.05, 0) is 50.0 Å². The van der Waals surface area contributed by atoms with Gasteiger partial charge in [0.1, 0.15) is 26.6 Å². The van der Waals surface area contributed by atoms with Crippen LogP contribution in [0.2, 0.25) is 0 Å². The molecule has 156 valence electrons. The molecule has 0 N–H and O–H groups in total. The summed E-state index contributed by atoms with van der Waals surface area (Å²) in [7, 11) is 0. The van der Waals surface area contributed by atoms with Gasteiger partial charge in [-0.1, -0.05) is 22.7 Å². The number of para-hydroxylation sites is 1. The lowest BCUT2D eigenvalue weighted by Gasteiger charge is -2.45. The second kappa shape index (κ2) is 8.52. The fraction of sp³-hybridized carbons (Fsp3) is 0.350. The summed E-state index contributed by atoms with van der Waals surface area (Å²) in [5.74, 6) is 0.459. The summed E-state index contributed by atoms with van der Waals surface area (Å²) in [5.41, 5.74) is 1.75. The first kappa shape index (κ1) is 21.1. The summed E-state index contributed by atoms with van der Waals surface area (Å²) in [6.45, 7) is 5.45. The molecule has 2 aromatic rings. The van der Waals surface area contributed by atoms with Crippen LogP contribution in [-0.2, 0) is 14.3 Å². The van der Waals surface area contributed by atoms with Crippen LogP contribution in [0.3, 0.4) is 0 Å². The number of thioether (sulfide) groups is 2. The minimum atomic E-state index is -0.654. The van der Waals surface area contributed by atoms with Crippen LogP contribution in [0.4, 0.5) is 5.69 Å². The van der Waals surface area contributed by atoms with Gasteiger partial charge in [-0.2, -0.15) is 0 Å². The first-order valence-electron chi connectivity index (χ1n) is 9.28. The smallest absolute Gasteiger partial charge is 0.355 e. The van der Waals surface area contributed by atoms with E-state index in [1.807, 2.05) is 51.1 Å². The van der Waals surface area contributed by atoms with E-state index in [9.17, 15) is 9.59 Å². The molecule has 0 saturated carbocycles. The highest BCUT2D eigenvalue weighted by molar-refractivity contribution is 8.02. The zero-order valence-corrected chi connectivity index (χ0v) is 19.1. The van der Waals surface area contributed by atoms with Crippen LogP contribution in [0, 0.1) is 0 Å². The zero-order valence-electron chi connectivity index (χ0n) is 16.7. The molecule has 0 bridgehead atoms. The van der Waals surface area contributed by atoms with Crippen molar-refractivity contribution >= 4 is 58.3 Å². The third kappa shape index (κ3) is 4.45. The molecule has 30 heavy (non-hydrogen) atoms. The Balaban J connectivity index is 1.63. The molecule has 0 spiro atoms. The SMILES string of the molecule is CC(C)(C)OC(=O)C1=C(CSc2cnns2)CS[C@@H]2/C(=N/c3ccccc3)C(=O)N12. The molecule has 0 unspecified atom stereocenters. The fourth-order valence-electron chi connectivity index (χ4n) is 2.99. The van der Waals surface area contributed by atoms with Crippen molar-refractivity contribution in [2.45, 2.75) is 36.0 Å². The van der Waals surface area contributed by atoms with E-state index in [4.69, 9.17) is 4.74 Å². The molecule has 1 fully saturated rings. The summed E-state index contributed by atoms with van der Waals surface area (Å²) in [6, 6.07) is 9.37. The highest BCUT2D eigenvalue weighted by Gasteiger charge is 2.51. The van der Waals surface area contributed by atoms with E-state index >= 15 is 0 Å². The molecule has 10 heteroatoms. The Hall–Kier alpha value is -2.17. The maximum atomic E-state index is 13.0. The number of esters is 1. The first-order valence-corrected chi connectivity index (χ1v) is 12.1. The van der Waals surface area contributed by atoms with Gasteiger partial charge in [0.05, 0.1) is 11.9 Å². The van der Waals surface area contributed by atoms with Gasteiger partial charge in [0.25, 0.3) is 5.91 Å². The topological polar surface area (TPSA) is 84.7 Å². The molecule has 3 heterocycles. The molecule has 2 aliphatic heterocycles. The van der Waals surface area contributed by atoms with Crippen LogP contribution in [0.15, 0.2) is 57.0 Å². The third-order valence-electron chi connectivity index (χ3n) is 4.23. The minimum Gasteiger partial charge on any atom is -0.455 e. The number of benzene rings is 1. The van der Waals surface area contributed by atoms with Crippen molar-refractivity contribution in [3.05, 3.63) is 47.8 Å². The molecule has 4 rings (SSSR count). The van der Waals surface area contributed by atoms with Crippen LogP contribution in [0.5, 0.6) is 0 Å². The van der Waals surface area contributed by atoms with Gasteiger partial charge < -0.3 is 4.74 Å². The monoisotopic (exact) mass is 460 g/mol. The third-order valence-corrected chi connectivity index (χ3v) is 7.41. The number of hydrogen-bond donors (Lipinski definition) is 0. The van der Waals surface area contributed by atoms with E-state index in [1.165, 1.54) is 16.4 Å². The molecule has 0 radical (unpaired) electrons. The van der Waals surface area contributed by atoms with E-state index in [0.717, 1.165) is 15.5 Å². The summed E-state index contributed by atoms with van der Waals surface area (Å²) in [5, 5.41) is 3.56. The summed E-state index contributed by atoms with van der Waals surface area (Å²) in [4.78, 5) is 32.1. The molecular formula is C20H20N4O3S3. The number of carbonyl (C=O) groups is 2. The molecule has 1 amide bonds. The number of aliphatic imine (C=N–C) groups is 1. The molecule has 1 aromatic carbocycles. The van der Waals surface area contributed by atoms with Gasteiger partial charge in [0, 0.05) is 11.5 Å². The Morgan fingerprint density at radius 1 is 1.33 bits per heavy atom. The Kier molecular flexibility index (Phi) is 5.99. The Labute approximate surface area is 187 Å². The minimum absolute atomic E-state index is 0.251. The molecule has 1 saturated heterocycles. The summed E-state index contributed by atoms with van der Waals surface area (Å²) in [6.07, 6.45) is 1.70. The van der Waals surface area contributed by atoms with Gasteiger partial charge >= 0.3 is 5.97 Å². The second-order valence-corrected chi connectivity index (χ2v) is 10.8. The van der Waals surface area contributed by atoms with Gasteiger partial charge in [-0.25, -0.2) is 9.79 Å². The van der Waals surface area contributed by atoms with Crippen LogP contribution in [0.1, 0.15) is 20.8 Å². The normalized spacial score (nSPS) is 20.2. The van der Waals surface area contributed by atoms with Crippen molar-refractivity contribution in [2.75, 3.05) is 11.5 Å². The van der Waals surface area contributed by atoms with Crippen molar-refractivity contribution in [1.29, 1.82) is 0 Å².